The molecular formula is C11H13FN2O. The maximum absolute atomic E-state index is 13.2. The van der Waals surface area contributed by atoms with E-state index in [1.54, 1.807) is 13.2 Å². The van der Waals surface area contributed by atoms with Crippen LogP contribution in [-0.2, 0) is 11.3 Å². The lowest BCUT2D eigenvalue weighted by Crippen LogP contribution is -2.19. The third kappa shape index (κ3) is 3.66. The van der Waals surface area contributed by atoms with Gasteiger partial charge >= 0.3 is 0 Å². The number of benzene rings is 1. The van der Waals surface area contributed by atoms with Crippen molar-refractivity contribution in [2.75, 3.05) is 20.3 Å². The third-order valence-corrected chi connectivity index (χ3v) is 1.97. The first-order chi connectivity index (χ1) is 7.27. The molecule has 0 fully saturated rings. The van der Waals surface area contributed by atoms with E-state index in [-0.39, 0.29) is 5.82 Å². The van der Waals surface area contributed by atoms with Crippen LogP contribution < -0.4 is 5.32 Å². The van der Waals surface area contributed by atoms with Gasteiger partial charge in [-0.2, -0.15) is 5.26 Å². The van der Waals surface area contributed by atoms with E-state index in [1.807, 2.05) is 6.07 Å². The van der Waals surface area contributed by atoms with E-state index < -0.39 is 0 Å². The lowest BCUT2D eigenvalue weighted by atomic mass is 10.1. The van der Waals surface area contributed by atoms with Crippen LogP contribution >= 0.6 is 0 Å². The van der Waals surface area contributed by atoms with E-state index in [0.29, 0.717) is 30.8 Å². The Labute approximate surface area is 88.5 Å². The van der Waals surface area contributed by atoms with Crippen molar-refractivity contribution in [2.45, 2.75) is 6.54 Å². The van der Waals surface area contributed by atoms with Crippen molar-refractivity contribution in [3.05, 3.63) is 35.1 Å². The second-order valence-corrected chi connectivity index (χ2v) is 3.09. The molecule has 1 aromatic carbocycles. The highest BCUT2D eigenvalue weighted by molar-refractivity contribution is 5.33. The Kier molecular flexibility index (Phi) is 4.75. The summed E-state index contributed by atoms with van der Waals surface area (Å²) >= 11 is 0. The molecule has 0 saturated heterocycles. The van der Waals surface area contributed by atoms with Crippen molar-refractivity contribution in [3.8, 4) is 6.07 Å². The fourth-order valence-electron chi connectivity index (χ4n) is 1.18. The number of rotatable bonds is 5. The molecule has 0 aliphatic heterocycles. The largest absolute Gasteiger partial charge is 0.383 e. The number of hydrogen-bond acceptors (Lipinski definition) is 3. The molecule has 0 aliphatic carbocycles. The van der Waals surface area contributed by atoms with Crippen LogP contribution in [0, 0.1) is 17.1 Å². The number of nitrogens with zero attached hydrogens (tertiary/aromatic N) is 1. The Hall–Kier alpha value is -1.44. The van der Waals surface area contributed by atoms with Crippen LogP contribution in [0.25, 0.3) is 0 Å². The van der Waals surface area contributed by atoms with Gasteiger partial charge in [0.25, 0.3) is 0 Å². The molecule has 4 heteroatoms. The molecule has 0 radical (unpaired) electrons. The minimum Gasteiger partial charge on any atom is -0.383 e. The zero-order chi connectivity index (χ0) is 11.1. The molecule has 0 atom stereocenters. The maximum Gasteiger partial charge on any atom is 0.127 e. The van der Waals surface area contributed by atoms with Crippen LogP contribution in [0.15, 0.2) is 18.2 Å². The van der Waals surface area contributed by atoms with Gasteiger partial charge in [-0.05, 0) is 18.2 Å². The van der Waals surface area contributed by atoms with Crippen molar-refractivity contribution < 1.29 is 9.13 Å². The number of halogens is 1. The number of ether oxygens (including phenoxy) is 1. The number of nitrogens with one attached hydrogen (secondary N) is 1. The summed E-state index contributed by atoms with van der Waals surface area (Å²) in [5, 5.41) is 11.7. The number of nitriles is 1. The van der Waals surface area contributed by atoms with Crippen molar-refractivity contribution in [3.63, 3.8) is 0 Å². The highest BCUT2D eigenvalue weighted by Crippen LogP contribution is 2.09. The van der Waals surface area contributed by atoms with Crippen LogP contribution in [0.1, 0.15) is 11.1 Å². The second-order valence-electron chi connectivity index (χ2n) is 3.09. The summed E-state index contributed by atoms with van der Waals surface area (Å²) in [6.07, 6.45) is 0. The van der Waals surface area contributed by atoms with Crippen molar-refractivity contribution in [1.29, 1.82) is 5.26 Å². The summed E-state index contributed by atoms with van der Waals surface area (Å²) in [6.45, 7) is 1.65. The Morgan fingerprint density at radius 1 is 1.53 bits per heavy atom. The Balaban J connectivity index is 2.56. The molecule has 15 heavy (non-hydrogen) atoms. The summed E-state index contributed by atoms with van der Waals surface area (Å²) in [4.78, 5) is 0. The highest BCUT2D eigenvalue weighted by Gasteiger charge is 2.02. The molecule has 0 unspecified atom stereocenters. The van der Waals surface area contributed by atoms with E-state index in [9.17, 15) is 4.39 Å². The molecule has 1 rings (SSSR count). The molecular weight excluding hydrogens is 195 g/mol. The molecule has 0 aromatic heterocycles. The van der Waals surface area contributed by atoms with Gasteiger partial charge in [0.15, 0.2) is 0 Å². The number of methoxy groups -OCH3 is 1. The molecule has 0 amide bonds. The smallest absolute Gasteiger partial charge is 0.127 e. The summed E-state index contributed by atoms with van der Waals surface area (Å²) in [7, 11) is 1.61. The predicted octanol–water partition coefficient (Wildman–Crippen LogP) is 1.43. The third-order valence-electron chi connectivity index (χ3n) is 1.97. The van der Waals surface area contributed by atoms with Crippen molar-refractivity contribution in [1.82, 2.24) is 5.32 Å². The van der Waals surface area contributed by atoms with E-state index in [2.05, 4.69) is 5.32 Å². The standard InChI is InChI=1S/C11H13FN2O/c1-15-5-4-14-8-10-6-9(7-13)2-3-11(10)12/h2-3,6,14H,4-5,8H2,1H3. The quantitative estimate of drug-likeness (QED) is 0.744. The zero-order valence-electron chi connectivity index (χ0n) is 8.59. The molecule has 0 bridgehead atoms. The van der Waals surface area contributed by atoms with Gasteiger partial charge in [-0.1, -0.05) is 0 Å². The van der Waals surface area contributed by atoms with Gasteiger partial charge in [-0.15, -0.1) is 0 Å². The molecule has 0 aliphatic rings. The first-order valence-electron chi connectivity index (χ1n) is 4.66. The van der Waals surface area contributed by atoms with Gasteiger partial charge < -0.3 is 10.1 Å². The van der Waals surface area contributed by atoms with Crippen LogP contribution in [0.4, 0.5) is 4.39 Å². The van der Waals surface area contributed by atoms with Gasteiger partial charge in [0.2, 0.25) is 0 Å². The van der Waals surface area contributed by atoms with Gasteiger partial charge in [0.05, 0.1) is 18.2 Å². The minimum absolute atomic E-state index is 0.293. The fourth-order valence-corrected chi connectivity index (χ4v) is 1.18. The summed E-state index contributed by atoms with van der Waals surface area (Å²) in [5.74, 6) is -0.293. The van der Waals surface area contributed by atoms with Crippen LogP contribution in [0.3, 0.4) is 0 Å². The molecule has 0 heterocycles. The van der Waals surface area contributed by atoms with Gasteiger partial charge in [-0.25, -0.2) is 4.39 Å². The summed E-state index contributed by atoms with van der Waals surface area (Å²) in [5.41, 5.74) is 0.977. The van der Waals surface area contributed by atoms with E-state index in [4.69, 9.17) is 10.00 Å². The topological polar surface area (TPSA) is 45.0 Å². The molecule has 1 aromatic rings. The minimum atomic E-state index is -0.293. The molecule has 3 nitrogen and oxygen atoms in total. The predicted molar refractivity (Wildman–Crippen MR) is 54.7 cm³/mol. The number of hydrogen-bond donors (Lipinski definition) is 1. The highest BCUT2D eigenvalue weighted by atomic mass is 19.1. The summed E-state index contributed by atoms with van der Waals surface area (Å²) < 4.78 is 18.1. The average Bonchev–Trinajstić information content (AvgIpc) is 2.26. The Morgan fingerprint density at radius 2 is 2.33 bits per heavy atom. The molecule has 0 saturated carbocycles. The van der Waals surface area contributed by atoms with Crippen LogP contribution in [0.2, 0.25) is 0 Å². The first-order valence-corrected chi connectivity index (χ1v) is 4.66. The van der Waals surface area contributed by atoms with E-state index in [1.165, 1.54) is 12.1 Å². The SMILES string of the molecule is COCCNCc1cc(C#N)ccc1F. The van der Waals surface area contributed by atoms with Gasteiger partial charge in [0.1, 0.15) is 5.82 Å². The first kappa shape index (κ1) is 11.6. The lowest BCUT2D eigenvalue weighted by Gasteiger charge is -2.05. The second kappa shape index (κ2) is 6.12. The average molecular weight is 208 g/mol. The zero-order valence-corrected chi connectivity index (χ0v) is 8.59. The van der Waals surface area contributed by atoms with Crippen LogP contribution in [0.5, 0.6) is 0 Å². The van der Waals surface area contributed by atoms with Crippen LogP contribution in [-0.4, -0.2) is 20.3 Å². The lowest BCUT2D eigenvalue weighted by molar-refractivity contribution is 0.199. The van der Waals surface area contributed by atoms with Gasteiger partial charge in [0, 0.05) is 25.8 Å². The Morgan fingerprint density at radius 3 is 3.00 bits per heavy atom. The fraction of sp³-hybridized carbons (Fsp3) is 0.364. The monoisotopic (exact) mass is 208 g/mol. The van der Waals surface area contributed by atoms with Crippen molar-refractivity contribution >= 4 is 0 Å². The normalized spacial score (nSPS) is 9.93. The Bertz CT molecular complexity index is 360. The van der Waals surface area contributed by atoms with E-state index >= 15 is 0 Å². The van der Waals surface area contributed by atoms with Gasteiger partial charge in [-0.3, -0.25) is 0 Å². The maximum atomic E-state index is 13.2. The summed E-state index contributed by atoms with van der Waals surface area (Å²) in [6, 6.07) is 6.31. The van der Waals surface area contributed by atoms with Crippen molar-refractivity contribution in [2.24, 2.45) is 0 Å². The molecule has 1 N–H and O–H groups in total. The molecule has 0 spiro atoms. The van der Waals surface area contributed by atoms with E-state index in [0.717, 1.165) is 0 Å². The molecule has 80 valence electrons.